The maximum atomic E-state index is 10.1. The highest BCUT2D eigenvalue weighted by Gasteiger charge is 2.13. The highest BCUT2D eigenvalue weighted by atomic mass is 16.5. The number of aliphatic hydroxyl groups excluding tert-OH is 1. The third-order valence-corrected chi connectivity index (χ3v) is 3.95. The van der Waals surface area contributed by atoms with Gasteiger partial charge >= 0.3 is 0 Å². The summed E-state index contributed by atoms with van der Waals surface area (Å²) in [6.07, 6.45) is 0.608. The summed E-state index contributed by atoms with van der Waals surface area (Å²) in [4.78, 5) is 4.56. The molecule has 4 heteroatoms. The fourth-order valence-corrected chi connectivity index (χ4v) is 2.35. The van der Waals surface area contributed by atoms with Crippen LogP contribution in [0.2, 0.25) is 0 Å². The first-order chi connectivity index (χ1) is 10.1. The minimum atomic E-state index is -0.357. The molecule has 4 nitrogen and oxygen atoms in total. The van der Waals surface area contributed by atoms with E-state index in [2.05, 4.69) is 24.1 Å². The van der Waals surface area contributed by atoms with E-state index in [0.29, 0.717) is 6.54 Å². The molecule has 2 N–H and O–H groups in total. The molecule has 0 fully saturated rings. The number of hydrogen-bond acceptors (Lipinski definition) is 4. The van der Waals surface area contributed by atoms with Crippen molar-refractivity contribution in [3.05, 3.63) is 30.0 Å². The molecule has 2 unspecified atom stereocenters. The molecular formula is C17H24N2O2. The van der Waals surface area contributed by atoms with Gasteiger partial charge in [-0.05, 0) is 25.0 Å². The van der Waals surface area contributed by atoms with Crippen LogP contribution in [-0.4, -0.2) is 29.8 Å². The number of rotatable bonds is 6. The van der Waals surface area contributed by atoms with Gasteiger partial charge in [0, 0.05) is 23.3 Å². The number of methoxy groups -OCH3 is 1. The predicted molar refractivity (Wildman–Crippen MR) is 87.0 cm³/mol. The van der Waals surface area contributed by atoms with Gasteiger partial charge in [-0.3, -0.25) is 0 Å². The van der Waals surface area contributed by atoms with Crippen LogP contribution in [0.25, 0.3) is 10.9 Å². The van der Waals surface area contributed by atoms with Gasteiger partial charge in [-0.2, -0.15) is 0 Å². The number of hydrogen-bond donors (Lipinski definition) is 2. The summed E-state index contributed by atoms with van der Waals surface area (Å²) in [6, 6.07) is 7.88. The topological polar surface area (TPSA) is 54.4 Å². The van der Waals surface area contributed by atoms with Crippen molar-refractivity contribution in [1.29, 1.82) is 0 Å². The van der Waals surface area contributed by atoms with Crippen molar-refractivity contribution in [2.45, 2.75) is 33.3 Å². The standard InChI is InChI=1S/C17H24N2O2/c1-5-11(2)15(20)10-18-14-9-12(3)19-17-13(14)7-6-8-16(17)21-4/h6-9,11,15,20H,5,10H2,1-4H3,(H,18,19). The monoisotopic (exact) mass is 288 g/mol. The summed E-state index contributed by atoms with van der Waals surface area (Å²) in [6.45, 7) is 6.64. The van der Waals surface area contributed by atoms with E-state index in [1.807, 2.05) is 31.2 Å². The van der Waals surface area contributed by atoms with Crippen molar-refractivity contribution < 1.29 is 9.84 Å². The summed E-state index contributed by atoms with van der Waals surface area (Å²) in [5.74, 6) is 1.04. The molecule has 0 aliphatic rings. The molecule has 0 amide bonds. The van der Waals surface area contributed by atoms with Crippen LogP contribution < -0.4 is 10.1 Å². The number of anilines is 1. The number of aryl methyl sites for hydroxylation is 1. The summed E-state index contributed by atoms with van der Waals surface area (Å²) >= 11 is 0. The normalized spacial score (nSPS) is 14.0. The van der Waals surface area contributed by atoms with Gasteiger partial charge in [0.2, 0.25) is 0 Å². The fraction of sp³-hybridized carbons (Fsp3) is 0.471. The molecule has 0 spiro atoms. The van der Waals surface area contributed by atoms with E-state index in [-0.39, 0.29) is 12.0 Å². The minimum absolute atomic E-state index is 0.279. The quantitative estimate of drug-likeness (QED) is 0.855. The van der Waals surface area contributed by atoms with Crippen molar-refractivity contribution in [3.8, 4) is 5.75 Å². The molecular weight excluding hydrogens is 264 g/mol. The average molecular weight is 288 g/mol. The molecule has 1 aromatic heterocycles. The fourth-order valence-electron chi connectivity index (χ4n) is 2.35. The Morgan fingerprint density at radius 3 is 2.81 bits per heavy atom. The van der Waals surface area contributed by atoms with E-state index in [4.69, 9.17) is 4.74 Å². The average Bonchev–Trinajstić information content (AvgIpc) is 2.50. The van der Waals surface area contributed by atoms with E-state index in [1.165, 1.54) is 0 Å². The molecule has 2 rings (SSSR count). The summed E-state index contributed by atoms with van der Waals surface area (Å²) < 4.78 is 5.38. The molecule has 114 valence electrons. The lowest BCUT2D eigenvalue weighted by atomic mass is 10.0. The van der Waals surface area contributed by atoms with E-state index < -0.39 is 0 Å². The molecule has 0 radical (unpaired) electrons. The van der Waals surface area contributed by atoms with Crippen molar-refractivity contribution in [1.82, 2.24) is 4.98 Å². The van der Waals surface area contributed by atoms with Gasteiger partial charge in [0.25, 0.3) is 0 Å². The van der Waals surface area contributed by atoms with Gasteiger partial charge in [-0.15, -0.1) is 0 Å². The van der Waals surface area contributed by atoms with E-state index in [9.17, 15) is 5.11 Å². The summed E-state index contributed by atoms with van der Waals surface area (Å²) in [5, 5.41) is 14.5. The zero-order chi connectivity index (χ0) is 15.4. The third kappa shape index (κ3) is 3.45. The van der Waals surface area contributed by atoms with Gasteiger partial charge in [0.1, 0.15) is 11.3 Å². The number of nitrogens with zero attached hydrogens (tertiary/aromatic N) is 1. The van der Waals surface area contributed by atoms with E-state index >= 15 is 0 Å². The van der Waals surface area contributed by atoms with Crippen LogP contribution in [0.3, 0.4) is 0 Å². The smallest absolute Gasteiger partial charge is 0.145 e. The number of pyridine rings is 1. The largest absolute Gasteiger partial charge is 0.494 e. The Morgan fingerprint density at radius 1 is 1.38 bits per heavy atom. The maximum Gasteiger partial charge on any atom is 0.145 e. The molecule has 0 aliphatic carbocycles. The van der Waals surface area contributed by atoms with Gasteiger partial charge < -0.3 is 15.2 Å². The van der Waals surface area contributed by atoms with Gasteiger partial charge in [0.05, 0.1) is 13.2 Å². The molecule has 0 aliphatic heterocycles. The zero-order valence-electron chi connectivity index (χ0n) is 13.2. The van der Waals surface area contributed by atoms with Crippen molar-refractivity contribution in [2.75, 3.05) is 19.0 Å². The number of aromatic nitrogens is 1. The Hall–Kier alpha value is -1.81. The van der Waals surface area contributed by atoms with Crippen LogP contribution in [0.5, 0.6) is 5.75 Å². The molecule has 21 heavy (non-hydrogen) atoms. The van der Waals surface area contributed by atoms with Crippen molar-refractivity contribution in [3.63, 3.8) is 0 Å². The number of fused-ring (bicyclic) bond motifs is 1. The third-order valence-electron chi connectivity index (χ3n) is 3.95. The Labute approximate surface area is 126 Å². The van der Waals surface area contributed by atoms with Crippen LogP contribution in [0.1, 0.15) is 26.0 Å². The second kappa shape index (κ2) is 6.76. The van der Waals surface area contributed by atoms with Gasteiger partial charge in [0.15, 0.2) is 0 Å². The molecule has 1 heterocycles. The number of aliphatic hydroxyl groups is 1. The Balaban J connectivity index is 2.31. The van der Waals surface area contributed by atoms with Gasteiger partial charge in [-0.1, -0.05) is 32.4 Å². The number of ether oxygens (including phenoxy) is 1. The lowest BCUT2D eigenvalue weighted by Crippen LogP contribution is -2.26. The SMILES string of the molecule is CCC(C)C(O)CNc1cc(C)nc2c(OC)cccc12. The summed E-state index contributed by atoms with van der Waals surface area (Å²) in [7, 11) is 1.65. The molecule has 2 atom stereocenters. The molecule has 0 bridgehead atoms. The lowest BCUT2D eigenvalue weighted by Gasteiger charge is -2.19. The van der Waals surface area contributed by atoms with Crippen LogP contribution in [0.15, 0.2) is 24.3 Å². The Morgan fingerprint density at radius 2 is 2.14 bits per heavy atom. The lowest BCUT2D eigenvalue weighted by molar-refractivity contribution is 0.126. The van der Waals surface area contributed by atoms with E-state index in [0.717, 1.165) is 34.5 Å². The molecule has 2 aromatic rings. The van der Waals surface area contributed by atoms with Crippen LogP contribution in [0.4, 0.5) is 5.69 Å². The van der Waals surface area contributed by atoms with Crippen LogP contribution in [0, 0.1) is 12.8 Å². The first-order valence-electron chi connectivity index (χ1n) is 7.43. The number of benzene rings is 1. The number of para-hydroxylation sites is 1. The summed E-state index contributed by atoms with van der Waals surface area (Å²) in [5.41, 5.74) is 2.76. The van der Waals surface area contributed by atoms with Crippen molar-refractivity contribution in [2.24, 2.45) is 5.92 Å². The second-order valence-corrected chi connectivity index (χ2v) is 5.50. The van der Waals surface area contributed by atoms with Crippen molar-refractivity contribution >= 4 is 16.6 Å². The highest BCUT2D eigenvalue weighted by Crippen LogP contribution is 2.29. The highest BCUT2D eigenvalue weighted by molar-refractivity contribution is 5.95. The first kappa shape index (κ1) is 15.6. The second-order valence-electron chi connectivity index (χ2n) is 5.50. The predicted octanol–water partition coefficient (Wildman–Crippen LogP) is 3.37. The Bertz CT molecular complexity index is 613. The van der Waals surface area contributed by atoms with Crippen LogP contribution >= 0.6 is 0 Å². The van der Waals surface area contributed by atoms with E-state index in [1.54, 1.807) is 7.11 Å². The van der Waals surface area contributed by atoms with Crippen LogP contribution in [-0.2, 0) is 0 Å². The first-order valence-corrected chi connectivity index (χ1v) is 7.43. The number of nitrogens with one attached hydrogen (secondary N) is 1. The molecule has 0 saturated heterocycles. The molecule has 0 saturated carbocycles. The maximum absolute atomic E-state index is 10.1. The minimum Gasteiger partial charge on any atom is -0.494 e. The Kier molecular flexibility index (Phi) is 5.02. The zero-order valence-corrected chi connectivity index (χ0v) is 13.2. The van der Waals surface area contributed by atoms with Gasteiger partial charge in [-0.25, -0.2) is 4.98 Å². The molecule has 1 aromatic carbocycles.